The Kier molecular flexibility index (Phi) is 5.73. The topological polar surface area (TPSA) is 138 Å². The van der Waals surface area contributed by atoms with Gasteiger partial charge in [0.1, 0.15) is 17.1 Å². The van der Waals surface area contributed by atoms with E-state index in [0.717, 1.165) is 4.90 Å². The molecule has 2 heterocycles. The molecule has 2 aromatic rings. The van der Waals surface area contributed by atoms with Crippen molar-refractivity contribution < 1.29 is 23.7 Å². The first-order chi connectivity index (χ1) is 14.0. The number of urea groups is 1. The number of esters is 1. The fourth-order valence-corrected chi connectivity index (χ4v) is 3.04. The van der Waals surface area contributed by atoms with Crippen LogP contribution in [0.5, 0.6) is 0 Å². The molecular weight excluding hydrogens is 380 g/mol. The summed E-state index contributed by atoms with van der Waals surface area (Å²) in [4.78, 5) is 33.7. The molecule has 11 nitrogen and oxygen atoms in total. The highest BCUT2D eigenvalue weighted by Gasteiger charge is 2.41. The number of hydrogen-bond donors (Lipinski definition) is 1. The van der Waals surface area contributed by atoms with E-state index in [1.54, 1.807) is 25.1 Å². The highest BCUT2D eigenvalue weighted by Crippen LogP contribution is 2.37. The third-order valence-electron chi connectivity index (χ3n) is 4.28. The Morgan fingerprint density at radius 2 is 2.10 bits per heavy atom. The number of ether oxygens (including phenoxy) is 2. The first-order valence-corrected chi connectivity index (χ1v) is 8.68. The lowest BCUT2D eigenvalue weighted by Crippen LogP contribution is -2.47. The predicted molar refractivity (Wildman–Crippen MR) is 100 cm³/mol. The summed E-state index contributed by atoms with van der Waals surface area (Å²) in [6, 6.07) is 3.07. The maximum Gasteiger partial charge on any atom is 0.338 e. The number of benzene rings is 1. The summed E-state index contributed by atoms with van der Waals surface area (Å²) in [6.07, 6.45) is 0.372. The number of carbonyl (C=O) groups is 2. The zero-order valence-electron chi connectivity index (χ0n) is 15.8. The van der Waals surface area contributed by atoms with E-state index in [2.05, 4.69) is 20.2 Å². The van der Waals surface area contributed by atoms with Gasteiger partial charge >= 0.3 is 18.0 Å². The normalized spacial score (nSPS) is 16.4. The van der Waals surface area contributed by atoms with Crippen LogP contribution in [0.3, 0.4) is 0 Å². The van der Waals surface area contributed by atoms with Gasteiger partial charge < -0.3 is 20.1 Å². The molecule has 3 rings (SSSR count). The van der Waals surface area contributed by atoms with Gasteiger partial charge in [-0.25, -0.2) is 30.7 Å². The summed E-state index contributed by atoms with van der Waals surface area (Å²) in [6.45, 7) is 8.58. The molecule has 0 bridgehead atoms. The summed E-state index contributed by atoms with van der Waals surface area (Å²) in [5.41, 5.74) is 7.57. The second kappa shape index (κ2) is 8.39. The number of amidine groups is 1. The Labute approximate surface area is 165 Å². The molecule has 0 saturated heterocycles. The molecule has 1 atom stereocenters. The Morgan fingerprint density at radius 1 is 1.34 bits per heavy atom. The fourth-order valence-electron chi connectivity index (χ4n) is 3.04. The largest absolute Gasteiger partial charge is 0.468 e. The van der Waals surface area contributed by atoms with Crippen molar-refractivity contribution in [2.24, 2.45) is 10.7 Å². The highest BCUT2D eigenvalue weighted by atomic mass is 16.6. The molecule has 1 aromatic carbocycles. The van der Waals surface area contributed by atoms with Crippen LogP contribution in [0.15, 0.2) is 39.1 Å². The molecule has 0 aliphatic carbocycles. The number of aromatic nitrogens is 2. The molecule has 1 aliphatic rings. The highest BCUT2D eigenvalue weighted by molar-refractivity contribution is 6.00. The summed E-state index contributed by atoms with van der Waals surface area (Å²) in [7, 11) is 1.35. The molecule has 1 aliphatic heterocycles. The Bertz CT molecular complexity index is 1050. The number of amides is 2. The third kappa shape index (κ3) is 3.73. The average molecular weight is 398 g/mol. The molecular formula is C18H18N6O5. The van der Waals surface area contributed by atoms with Gasteiger partial charge in [0.15, 0.2) is 6.61 Å². The molecule has 11 heteroatoms. The minimum atomic E-state index is -0.962. The Hall–Kier alpha value is -3.94. The molecule has 2 amide bonds. The van der Waals surface area contributed by atoms with Gasteiger partial charge in [-0.2, -0.15) is 0 Å². The second-order valence-corrected chi connectivity index (χ2v) is 5.95. The number of rotatable bonds is 5. The molecule has 1 unspecified atom stereocenters. The zero-order chi connectivity index (χ0) is 21.0. The first kappa shape index (κ1) is 19.8. The lowest BCUT2D eigenvalue weighted by atomic mass is 9.93. The van der Waals surface area contributed by atoms with E-state index in [0.29, 0.717) is 28.7 Å². The maximum atomic E-state index is 12.9. The molecule has 1 aromatic heterocycles. The minimum Gasteiger partial charge on any atom is -0.468 e. The van der Waals surface area contributed by atoms with Crippen LogP contribution in [0, 0.1) is 6.57 Å². The second-order valence-electron chi connectivity index (χ2n) is 5.95. The van der Waals surface area contributed by atoms with Crippen molar-refractivity contribution in [3.8, 4) is 0 Å². The smallest absolute Gasteiger partial charge is 0.338 e. The number of carbonyl (C=O) groups excluding carboxylic acids is 2. The van der Waals surface area contributed by atoms with E-state index < -0.39 is 18.0 Å². The van der Waals surface area contributed by atoms with Crippen LogP contribution in [0.4, 0.5) is 4.79 Å². The quantitative estimate of drug-likeness (QED) is 0.460. The van der Waals surface area contributed by atoms with Gasteiger partial charge in [-0.3, -0.25) is 0 Å². The lowest BCUT2D eigenvalue weighted by molar-refractivity contribution is -0.139. The number of hydrogen-bond acceptors (Lipinski definition) is 8. The molecule has 150 valence electrons. The molecule has 0 fully saturated rings. The van der Waals surface area contributed by atoms with E-state index in [4.69, 9.17) is 26.4 Å². The number of aliphatic imine (C=N–C) groups is 1. The van der Waals surface area contributed by atoms with Gasteiger partial charge in [-0.05, 0) is 34.4 Å². The zero-order valence-corrected chi connectivity index (χ0v) is 15.8. The number of nitrogens with zero attached hydrogens (tertiary/aromatic N) is 5. The van der Waals surface area contributed by atoms with Crippen LogP contribution >= 0.6 is 0 Å². The summed E-state index contributed by atoms with van der Waals surface area (Å²) < 4.78 is 15.2. The van der Waals surface area contributed by atoms with Crippen LogP contribution in [-0.4, -0.2) is 53.5 Å². The summed E-state index contributed by atoms with van der Waals surface area (Å²) in [5, 5.41) is 7.56. The standard InChI is InChI=1S/C18H18N6O5/c1-4-11-14(16(25)28-8-7-20-2)15(24(17(19)26)18(21-11)27-3)10-5-6-12-13(9-10)23-29-22-12/h5-6,9,15H,4,7-8H2,1,3H3,(H2,19,26). The van der Waals surface area contributed by atoms with E-state index in [1.165, 1.54) is 7.11 Å². The number of primary amides is 1. The van der Waals surface area contributed by atoms with Crippen molar-refractivity contribution in [2.75, 3.05) is 20.3 Å². The number of nitrogens with two attached hydrogens (primary N) is 1. The van der Waals surface area contributed by atoms with Gasteiger partial charge in [-0.15, -0.1) is 0 Å². The lowest BCUT2D eigenvalue weighted by Gasteiger charge is -2.34. The van der Waals surface area contributed by atoms with Crippen LogP contribution < -0.4 is 5.73 Å². The van der Waals surface area contributed by atoms with Gasteiger partial charge in [0.05, 0.1) is 18.4 Å². The monoisotopic (exact) mass is 398 g/mol. The maximum absolute atomic E-state index is 12.9. The van der Waals surface area contributed by atoms with Gasteiger partial charge in [0.2, 0.25) is 6.54 Å². The van der Waals surface area contributed by atoms with Crippen molar-refractivity contribution in [3.05, 3.63) is 46.4 Å². The minimum absolute atomic E-state index is 0.0217. The summed E-state index contributed by atoms with van der Waals surface area (Å²) >= 11 is 0. The first-order valence-electron chi connectivity index (χ1n) is 8.68. The Balaban J connectivity index is 2.17. The number of fused-ring (bicyclic) bond motifs is 1. The molecule has 0 saturated carbocycles. The third-order valence-corrected chi connectivity index (χ3v) is 4.28. The number of allylic oxidation sites excluding steroid dienone is 1. The van der Waals surface area contributed by atoms with Crippen LogP contribution in [0.2, 0.25) is 0 Å². The van der Waals surface area contributed by atoms with Crippen molar-refractivity contribution in [2.45, 2.75) is 19.4 Å². The van der Waals surface area contributed by atoms with Gasteiger partial charge in [0.25, 0.3) is 0 Å². The van der Waals surface area contributed by atoms with Crippen molar-refractivity contribution in [1.82, 2.24) is 15.2 Å². The fraction of sp³-hybridized carbons (Fsp3) is 0.333. The van der Waals surface area contributed by atoms with E-state index >= 15 is 0 Å². The van der Waals surface area contributed by atoms with E-state index in [9.17, 15) is 9.59 Å². The van der Waals surface area contributed by atoms with Gasteiger partial charge in [-0.1, -0.05) is 13.0 Å². The van der Waals surface area contributed by atoms with E-state index in [1.807, 2.05) is 0 Å². The van der Waals surface area contributed by atoms with Crippen molar-refractivity contribution >= 4 is 29.1 Å². The van der Waals surface area contributed by atoms with Crippen LogP contribution in [0.1, 0.15) is 24.9 Å². The predicted octanol–water partition coefficient (Wildman–Crippen LogP) is 1.79. The molecule has 0 spiro atoms. The van der Waals surface area contributed by atoms with Crippen molar-refractivity contribution in [1.29, 1.82) is 0 Å². The van der Waals surface area contributed by atoms with Crippen LogP contribution in [-0.2, 0) is 14.3 Å². The average Bonchev–Trinajstić information content (AvgIpc) is 3.19. The molecule has 0 radical (unpaired) electrons. The van der Waals surface area contributed by atoms with Crippen molar-refractivity contribution in [3.63, 3.8) is 0 Å². The number of methoxy groups -OCH3 is 1. The van der Waals surface area contributed by atoms with Crippen LogP contribution in [0.25, 0.3) is 15.9 Å². The molecule has 29 heavy (non-hydrogen) atoms. The Morgan fingerprint density at radius 3 is 2.76 bits per heavy atom. The van der Waals surface area contributed by atoms with Gasteiger partial charge in [0, 0.05) is 0 Å². The van der Waals surface area contributed by atoms with E-state index in [-0.39, 0.29) is 24.7 Å². The molecule has 2 N–H and O–H groups in total. The SMILES string of the molecule is [C-]#[N+]CCOC(=O)C1=C(CC)N=C(OC)N(C(N)=O)C1c1ccc2nonc2c1. The summed E-state index contributed by atoms with van der Waals surface area (Å²) in [5.74, 6) is -0.695.